The minimum Gasteiger partial charge on any atom is -0.394 e. The molecule has 2 atom stereocenters. The molecule has 0 aromatic heterocycles. The van der Waals surface area contributed by atoms with E-state index in [4.69, 9.17) is 16.7 Å². The number of amides is 1. The van der Waals surface area contributed by atoms with Gasteiger partial charge < -0.3 is 10.4 Å². The molecule has 17 heavy (non-hydrogen) atoms. The van der Waals surface area contributed by atoms with E-state index in [1.54, 1.807) is 6.92 Å². The maximum Gasteiger partial charge on any atom is 0.223 e. The molecule has 0 fully saturated rings. The van der Waals surface area contributed by atoms with Gasteiger partial charge in [-0.2, -0.15) is 0 Å². The Bertz CT molecular complexity index is 364. The lowest BCUT2D eigenvalue weighted by atomic mass is 10.0. The quantitative estimate of drug-likeness (QED) is 0.846. The molecule has 2 N–H and O–H groups in total. The lowest BCUT2D eigenvalue weighted by molar-refractivity contribution is -0.125. The number of hydrogen-bond acceptors (Lipinski definition) is 2. The van der Waals surface area contributed by atoms with E-state index in [0.29, 0.717) is 11.4 Å². The molecule has 2 unspecified atom stereocenters. The van der Waals surface area contributed by atoms with Crippen LogP contribution in [0.1, 0.15) is 19.4 Å². The van der Waals surface area contributed by atoms with E-state index in [2.05, 4.69) is 5.32 Å². The SMILES string of the molecule is CC(CO)NC(=O)C(C)Cc1ccc(Cl)cc1. The minimum absolute atomic E-state index is 0.0403. The van der Waals surface area contributed by atoms with Crippen LogP contribution < -0.4 is 5.32 Å². The van der Waals surface area contributed by atoms with Crippen molar-refractivity contribution >= 4 is 17.5 Å². The first-order chi connectivity index (χ1) is 8.02. The fourth-order valence-electron chi connectivity index (χ4n) is 1.50. The second-order valence-electron chi connectivity index (χ2n) is 4.32. The van der Waals surface area contributed by atoms with Gasteiger partial charge >= 0.3 is 0 Å². The molecule has 0 spiro atoms. The number of carbonyl (C=O) groups excluding carboxylic acids is 1. The molecule has 0 heterocycles. The fraction of sp³-hybridized carbons (Fsp3) is 0.462. The minimum atomic E-state index is -0.199. The second kappa shape index (κ2) is 6.62. The van der Waals surface area contributed by atoms with Crippen LogP contribution in [0.3, 0.4) is 0 Å². The molecular formula is C13H18ClNO2. The average molecular weight is 256 g/mol. The lowest BCUT2D eigenvalue weighted by Gasteiger charge is -2.15. The highest BCUT2D eigenvalue weighted by Crippen LogP contribution is 2.13. The van der Waals surface area contributed by atoms with Crippen LogP contribution in [0, 0.1) is 5.92 Å². The number of nitrogens with one attached hydrogen (secondary N) is 1. The third-order valence-electron chi connectivity index (χ3n) is 2.57. The fourth-order valence-corrected chi connectivity index (χ4v) is 1.62. The standard InChI is InChI=1S/C13H18ClNO2/c1-9(13(17)15-10(2)8-16)7-11-3-5-12(14)6-4-11/h3-6,9-10,16H,7-8H2,1-2H3,(H,15,17). The van der Waals surface area contributed by atoms with E-state index < -0.39 is 0 Å². The first-order valence-corrected chi connectivity index (χ1v) is 6.06. The van der Waals surface area contributed by atoms with Gasteiger partial charge in [-0.15, -0.1) is 0 Å². The Morgan fingerprint density at radius 2 is 1.94 bits per heavy atom. The van der Waals surface area contributed by atoms with E-state index in [-0.39, 0.29) is 24.5 Å². The van der Waals surface area contributed by atoms with Crippen LogP contribution in [0.2, 0.25) is 5.02 Å². The van der Waals surface area contributed by atoms with Gasteiger partial charge in [0.05, 0.1) is 6.61 Å². The molecule has 3 nitrogen and oxygen atoms in total. The van der Waals surface area contributed by atoms with Crippen molar-refractivity contribution in [1.82, 2.24) is 5.32 Å². The van der Waals surface area contributed by atoms with Crippen molar-refractivity contribution in [1.29, 1.82) is 0 Å². The number of halogens is 1. The largest absolute Gasteiger partial charge is 0.394 e. The summed E-state index contributed by atoms with van der Waals surface area (Å²) in [7, 11) is 0. The molecule has 0 aliphatic rings. The number of hydrogen-bond donors (Lipinski definition) is 2. The number of rotatable bonds is 5. The molecule has 0 bridgehead atoms. The maximum atomic E-state index is 11.7. The number of benzene rings is 1. The molecule has 4 heteroatoms. The van der Waals surface area contributed by atoms with Gasteiger partial charge in [-0.25, -0.2) is 0 Å². The highest BCUT2D eigenvalue weighted by atomic mass is 35.5. The first-order valence-electron chi connectivity index (χ1n) is 5.68. The molecular weight excluding hydrogens is 238 g/mol. The monoisotopic (exact) mass is 255 g/mol. The molecule has 0 saturated carbocycles. The number of aliphatic hydroxyl groups is 1. The highest BCUT2D eigenvalue weighted by molar-refractivity contribution is 6.30. The maximum absolute atomic E-state index is 11.7. The van der Waals surface area contributed by atoms with Crippen LogP contribution in [0.4, 0.5) is 0 Å². The zero-order chi connectivity index (χ0) is 12.8. The van der Waals surface area contributed by atoms with Gasteiger partial charge in [-0.1, -0.05) is 30.7 Å². The van der Waals surface area contributed by atoms with E-state index in [9.17, 15) is 4.79 Å². The van der Waals surface area contributed by atoms with Gasteiger partial charge in [0.1, 0.15) is 0 Å². The summed E-state index contributed by atoms with van der Waals surface area (Å²) in [5, 5.41) is 12.3. The van der Waals surface area contributed by atoms with Gasteiger partial charge in [0, 0.05) is 17.0 Å². The summed E-state index contributed by atoms with van der Waals surface area (Å²) in [6.07, 6.45) is 0.668. The summed E-state index contributed by atoms with van der Waals surface area (Å²) >= 11 is 5.79. The Morgan fingerprint density at radius 1 is 1.35 bits per heavy atom. The van der Waals surface area contributed by atoms with E-state index in [0.717, 1.165) is 5.56 Å². The van der Waals surface area contributed by atoms with Gasteiger partial charge in [-0.3, -0.25) is 4.79 Å². The van der Waals surface area contributed by atoms with Crippen LogP contribution >= 0.6 is 11.6 Å². The third-order valence-corrected chi connectivity index (χ3v) is 2.82. The molecule has 1 aromatic carbocycles. The van der Waals surface area contributed by atoms with E-state index >= 15 is 0 Å². The lowest BCUT2D eigenvalue weighted by Crippen LogP contribution is -2.38. The third kappa shape index (κ3) is 4.75. The average Bonchev–Trinajstić information content (AvgIpc) is 2.31. The topological polar surface area (TPSA) is 49.3 Å². The molecule has 0 saturated heterocycles. The Balaban J connectivity index is 2.51. The second-order valence-corrected chi connectivity index (χ2v) is 4.76. The van der Waals surface area contributed by atoms with Gasteiger partial charge in [0.25, 0.3) is 0 Å². The normalized spacial score (nSPS) is 14.1. The zero-order valence-corrected chi connectivity index (χ0v) is 10.9. The predicted octanol–water partition coefficient (Wildman–Crippen LogP) is 2.02. The summed E-state index contributed by atoms with van der Waals surface area (Å²) in [5.41, 5.74) is 1.08. The Morgan fingerprint density at radius 3 is 2.47 bits per heavy atom. The van der Waals surface area contributed by atoms with Crippen LogP contribution in [-0.2, 0) is 11.2 Å². The van der Waals surface area contributed by atoms with Gasteiger partial charge in [0.2, 0.25) is 5.91 Å². The zero-order valence-electron chi connectivity index (χ0n) is 10.1. The smallest absolute Gasteiger partial charge is 0.223 e. The predicted molar refractivity (Wildman–Crippen MR) is 69.0 cm³/mol. The molecule has 1 aromatic rings. The van der Waals surface area contributed by atoms with Crippen molar-refractivity contribution in [3.05, 3.63) is 34.9 Å². The van der Waals surface area contributed by atoms with E-state index in [1.165, 1.54) is 0 Å². The van der Waals surface area contributed by atoms with Crippen molar-refractivity contribution in [2.45, 2.75) is 26.3 Å². The Labute approximate surface area is 107 Å². The van der Waals surface area contributed by atoms with Crippen molar-refractivity contribution in [2.75, 3.05) is 6.61 Å². The molecule has 1 rings (SSSR count). The Hall–Kier alpha value is -1.06. The highest BCUT2D eigenvalue weighted by Gasteiger charge is 2.15. The summed E-state index contributed by atoms with van der Waals surface area (Å²) in [6.45, 7) is 3.60. The van der Waals surface area contributed by atoms with Crippen LogP contribution in [0.15, 0.2) is 24.3 Å². The van der Waals surface area contributed by atoms with Crippen molar-refractivity contribution in [3.8, 4) is 0 Å². The number of carbonyl (C=O) groups is 1. The van der Waals surface area contributed by atoms with Crippen LogP contribution in [0.25, 0.3) is 0 Å². The van der Waals surface area contributed by atoms with Gasteiger partial charge in [0.15, 0.2) is 0 Å². The summed E-state index contributed by atoms with van der Waals surface area (Å²) < 4.78 is 0. The molecule has 0 aliphatic heterocycles. The number of aliphatic hydroxyl groups excluding tert-OH is 1. The summed E-state index contributed by atoms with van der Waals surface area (Å²) in [4.78, 5) is 11.7. The van der Waals surface area contributed by atoms with Crippen molar-refractivity contribution < 1.29 is 9.90 Å². The van der Waals surface area contributed by atoms with Crippen molar-refractivity contribution in [2.24, 2.45) is 5.92 Å². The van der Waals surface area contributed by atoms with Gasteiger partial charge in [-0.05, 0) is 31.0 Å². The molecule has 0 radical (unpaired) electrons. The molecule has 94 valence electrons. The summed E-state index contributed by atoms with van der Waals surface area (Å²) in [5.74, 6) is -0.160. The van der Waals surface area contributed by atoms with E-state index in [1.807, 2.05) is 31.2 Å². The first kappa shape index (κ1) is 14.0. The van der Waals surface area contributed by atoms with Crippen LogP contribution in [-0.4, -0.2) is 23.7 Å². The summed E-state index contributed by atoms with van der Waals surface area (Å²) in [6, 6.07) is 7.27. The molecule has 0 aliphatic carbocycles. The van der Waals surface area contributed by atoms with Crippen molar-refractivity contribution in [3.63, 3.8) is 0 Å². The molecule has 1 amide bonds. The van der Waals surface area contributed by atoms with Crippen LogP contribution in [0.5, 0.6) is 0 Å². The Kier molecular flexibility index (Phi) is 5.45.